The molecule has 1 rings (SSSR count). The summed E-state index contributed by atoms with van der Waals surface area (Å²) in [5.41, 5.74) is 1.86. The number of ketones is 1. The first-order valence-electron chi connectivity index (χ1n) is 6.04. The SMILES string of the molecule is Cc1ccccc1C(C#N)C(=O)CCC(C)C. The quantitative estimate of drug-likeness (QED) is 0.774. The van der Waals surface area contributed by atoms with Crippen molar-refractivity contribution < 1.29 is 4.79 Å². The van der Waals surface area contributed by atoms with Crippen LogP contribution in [0.1, 0.15) is 43.7 Å². The Bertz CT molecular complexity index is 429. The molecule has 2 heteroatoms. The van der Waals surface area contributed by atoms with Gasteiger partial charge in [-0.05, 0) is 30.4 Å². The number of aryl methyl sites for hydroxylation is 1. The molecular formula is C15H19NO. The van der Waals surface area contributed by atoms with Crippen LogP contribution in [0.4, 0.5) is 0 Å². The van der Waals surface area contributed by atoms with Crippen LogP contribution in [0.2, 0.25) is 0 Å². The maximum absolute atomic E-state index is 12.0. The van der Waals surface area contributed by atoms with Gasteiger partial charge in [-0.3, -0.25) is 4.79 Å². The molecule has 0 saturated heterocycles. The summed E-state index contributed by atoms with van der Waals surface area (Å²) in [6.45, 7) is 6.11. The van der Waals surface area contributed by atoms with E-state index in [0.29, 0.717) is 12.3 Å². The zero-order chi connectivity index (χ0) is 12.8. The molecule has 90 valence electrons. The Morgan fingerprint density at radius 1 is 1.35 bits per heavy atom. The second kappa shape index (κ2) is 6.20. The first kappa shape index (κ1) is 13.4. The number of Topliss-reactive ketones (excluding diaryl/α,β-unsaturated/α-hetero) is 1. The average Bonchev–Trinajstić information content (AvgIpc) is 2.30. The van der Waals surface area contributed by atoms with Crippen molar-refractivity contribution in [2.24, 2.45) is 5.92 Å². The van der Waals surface area contributed by atoms with Crippen molar-refractivity contribution in [3.63, 3.8) is 0 Å². The molecule has 0 amide bonds. The molecule has 17 heavy (non-hydrogen) atoms. The summed E-state index contributed by atoms with van der Waals surface area (Å²) in [6, 6.07) is 9.74. The van der Waals surface area contributed by atoms with Crippen LogP contribution in [0.5, 0.6) is 0 Å². The summed E-state index contributed by atoms with van der Waals surface area (Å²) in [5.74, 6) is -0.0689. The van der Waals surface area contributed by atoms with Gasteiger partial charge in [0.1, 0.15) is 5.92 Å². The highest BCUT2D eigenvalue weighted by Crippen LogP contribution is 2.22. The zero-order valence-electron chi connectivity index (χ0n) is 10.7. The van der Waals surface area contributed by atoms with Crippen LogP contribution < -0.4 is 0 Å². The van der Waals surface area contributed by atoms with Crippen molar-refractivity contribution in [3.05, 3.63) is 35.4 Å². The van der Waals surface area contributed by atoms with Crippen molar-refractivity contribution in [2.45, 2.75) is 39.5 Å². The third-order valence-corrected chi connectivity index (χ3v) is 2.92. The molecule has 0 aliphatic carbocycles. The van der Waals surface area contributed by atoms with E-state index in [4.69, 9.17) is 5.26 Å². The predicted octanol–water partition coefficient (Wildman–Crippen LogP) is 3.61. The first-order valence-corrected chi connectivity index (χ1v) is 6.04. The number of hydrogen-bond donors (Lipinski definition) is 0. The number of carbonyl (C=O) groups is 1. The maximum Gasteiger partial charge on any atom is 0.154 e. The molecule has 0 heterocycles. The molecule has 1 aromatic carbocycles. The summed E-state index contributed by atoms with van der Waals surface area (Å²) in [7, 11) is 0. The van der Waals surface area contributed by atoms with Gasteiger partial charge in [0.05, 0.1) is 6.07 Å². The molecule has 0 radical (unpaired) electrons. The van der Waals surface area contributed by atoms with Gasteiger partial charge in [-0.25, -0.2) is 0 Å². The number of benzene rings is 1. The minimum absolute atomic E-state index is 0.0375. The number of hydrogen-bond acceptors (Lipinski definition) is 2. The highest BCUT2D eigenvalue weighted by atomic mass is 16.1. The molecule has 0 spiro atoms. The lowest BCUT2D eigenvalue weighted by Crippen LogP contribution is -2.12. The van der Waals surface area contributed by atoms with Crippen molar-refractivity contribution in [2.75, 3.05) is 0 Å². The predicted molar refractivity (Wildman–Crippen MR) is 68.6 cm³/mol. The number of rotatable bonds is 5. The molecular weight excluding hydrogens is 210 g/mol. The Morgan fingerprint density at radius 2 is 2.00 bits per heavy atom. The lowest BCUT2D eigenvalue weighted by molar-refractivity contribution is -0.119. The second-order valence-electron chi connectivity index (χ2n) is 4.82. The van der Waals surface area contributed by atoms with Gasteiger partial charge in [0.2, 0.25) is 0 Å². The summed E-state index contributed by atoms with van der Waals surface area (Å²) >= 11 is 0. The molecule has 0 aliphatic heterocycles. The van der Waals surface area contributed by atoms with Gasteiger partial charge in [0.15, 0.2) is 5.78 Å². The Morgan fingerprint density at radius 3 is 2.53 bits per heavy atom. The highest BCUT2D eigenvalue weighted by molar-refractivity contribution is 5.88. The van der Waals surface area contributed by atoms with Gasteiger partial charge >= 0.3 is 0 Å². The van der Waals surface area contributed by atoms with Crippen LogP contribution >= 0.6 is 0 Å². The Hall–Kier alpha value is -1.62. The topological polar surface area (TPSA) is 40.9 Å². The molecule has 0 saturated carbocycles. The van der Waals surface area contributed by atoms with E-state index in [0.717, 1.165) is 17.5 Å². The second-order valence-corrected chi connectivity index (χ2v) is 4.82. The molecule has 0 aromatic heterocycles. The van der Waals surface area contributed by atoms with Crippen LogP contribution in [0.25, 0.3) is 0 Å². The normalized spacial score (nSPS) is 12.2. The van der Waals surface area contributed by atoms with E-state index in [-0.39, 0.29) is 5.78 Å². The molecule has 1 unspecified atom stereocenters. The third kappa shape index (κ3) is 3.71. The van der Waals surface area contributed by atoms with Crippen molar-refractivity contribution in [1.29, 1.82) is 5.26 Å². The smallest absolute Gasteiger partial charge is 0.154 e. The molecule has 0 aliphatic rings. The van der Waals surface area contributed by atoms with Gasteiger partial charge in [0.25, 0.3) is 0 Å². The molecule has 1 aromatic rings. The van der Waals surface area contributed by atoms with Gasteiger partial charge < -0.3 is 0 Å². The van der Waals surface area contributed by atoms with Gasteiger partial charge in [-0.1, -0.05) is 38.1 Å². The van der Waals surface area contributed by atoms with Crippen LogP contribution in [0.3, 0.4) is 0 Å². The van der Waals surface area contributed by atoms with Crippen molar-refractivity contribution >= 4 is 5.78 Å². The van der Waals surface area contributed by atoms with Crippen LogP contribution in [-0.4, -0.2) is 5.78 Å². The van der Waals surface area contributed by atoms with Crippen molar-refractivity contribution in [1.82, 2.24) is 0 Å². The maximum atomic E-state index is 12.0. The monoisotopic (exact) mass is 229 g/mol. The van der Waals surface area contributed by atoms with Gasteiger partial charge in [0, 0.05) is 6.42 Å². The molecule has 0 N–H and O–H groups in total. The Kier molecular flexibility index (Phi) is 4.90. The van der Waals surface area contributed by atoms with Crippen LogP contribution in [0, 0.1) is 24.2 Å². The fourth-order valence-electron chi connectivity index (χ4n) is 1.80. The number of nitrogens with zero attached hydrogens (tertiary/aromatic N) is 1. The summed E-state index contributed by atoms with van der Waals surface area (Å²) in [5, 5.41) is 9.17. The van der Waals surface area contributed by atoms with Crippen LogP contribution in [0.15, 0.2) is 24.3 Å². The highest BCUT2D eigenvalue weighted by Gasteiger charge is 2.21. The fourth-order valence-corrected chi connectivity index (χ4v) is 1.80. The number of nitriles is 1. The lowest BCUT2D eigenvalue weighted by Gasteiger charge is -2.12. The van der Waals surface area contributed by atoms with Gasteiger partial charge in [-0.15, -0.1) is 0 Å². The van der Waals surface area contributed by atoms with E-state index >= 15 is 0 Å². The zero-order valence-corrected chi connectivity index (χ0v) is 10.7. The minimum Gasteiger partial charge on any atom is -0.298 e. The number of carbonyl (C=O) groups excluding carboxylic acids is 1. The standard InChI is InChI=1S/C15H19NO/c1-11(2)8-9-15(17)14(10-16)13-7-5-4-6-12(13)3/h4-7,11,14H,8-9H2,1-3H3. The summed E-state index contributed by atoms with van der Waals surface area (Å²) in [4.78, 5) is 12.0. The van der Waals surface area contributed by atoms with E-state index in [1.807, 2.05) is 31.2 Å². The molecule has 0 bridgehead atoms. The average molecular weight is 229 g/mol. The molecule has 1 atom stereocenters. The summed E-state index contributed by atoms with van der Waals surface area (Å²) in [6.07, 6.45) is 1.34. The van der Waals surface area contributed by atoms with E-state index in [2.05, 4.69) is 19.9 Å². The van der Waals surface area contributed by atoms with E-state index in [9.17, 15) is 4.79 Å². The molecule has 0 fully saturated rings. The Balaban J connectivity index is 2.83. The first-order chi connectivity index (χ1) is 8.06. The van der Waals surface area contributed by atoms with Crippen molar-refractivity contribution in [3.8, 4) is 6.07 Å². The summed E-state index contributed by atoms with van der Waals surface area (Å²) < 4.78 is 0. The van der Waals surface area contributed by atoms with E-state index < -0.39 is 5.92 Å². The molecule has 2 nitrogen and oxygen atoms in total. The van der Waals surface area contributed by atoms with Gasteiger partial charge in [-0.2, -0.15) is 5.26 Å². The largest absolute Gasteiger partial charge is 0.298 e. The minimum atomic E-state index is -0.602. The fraction of sp³-hybridized carbons (Fsp3) is 0.467. The third-order valence-electron chi connectivity index (χ3n) is 2.92. The van der Waals surface area contributed by atoms with E-state index in [1.165, 1.54) is 0 Å². The van der Waals surface area contributed by atoms with Crippen LogP contribution in [-0.2, 0) is 4.79 Å². The lowest BCUT2D eigenvalue weighted by atomic mass is 9.89. The Labute approximate surface area is 103 Å². The van der Waals surface area contributed by atoms with E-state index in [1.54, 1.807) is 0 Å².